The van der Waals surface area contributed by atoms with Crippen molar-refractivity contribution in [1.29, 1.82) is 5.26 Å². The van der Waals surface area contributed by atoms with Crippen LogP contribution >= 0.6 is 11.8 Å². The van der Waals surface area contributed by atoms with E-state index in [2.05, 4.69) is 5.32 Å². The van der Waals surface area contributed by atoms with E-state index in [1.165, 1.54) is 18.2 Å². The maximum Gasteiger partial charge on any atom is 0.351 e. The lowest BCUT2D eigenvalue weighted by atomic mass is 10.2. The largest absolute Gasteiger partial charge is 0.462 e. The molecule has 0 saturated heterocycles. The van der Waals surface area contributed by atoms with Gasteiger partial charge in [-0.2, -0.15) is 5.26 Å². The number of hydrogen-bond acceptors (Lipinski definition) is 7. The van der Waals surface area contributed by atoms with Crippen molar-refractivity contribution in [3.05, 3.63) is 45.0 Å². The molecule has 0 amide bonds. The second kappa shape index (κ2) is 7.91. The Morgan fingerprint density at radius 2 is 2.29 bits per heavy atom. The van der Waals surface area contributed by atoms with Crippen LogP contribution in [0.5, 0.6) is 0 Å². The highest BCUT2D eigenvalue weighted by Crippen LogP contribution is 2.24. The van der Waals surface area contributed by atoms with E-state index in [1.807, 2.05) is 0 Å². The molecule has 0 radical (unpaired) electrons. The van der Waals surface area contributed by atoms with Gasteiger partial charge in [-0.05, 0) is 19.2 Å². The van der Waals surface area contributed by atoms with E-state index in [1.54, 1.807) is 25.3 Å². The van der Waals surface area contributed by atoms with Crippen LogP contribution in [0.25, 0.3) is 0 Å². The van der Waals surface area contributed by atoms with Crippen LogP contribution in [0, 0.1) is 21.4 Å². The maximum atomic E-state index is 11.7. The van der Waals surface area contributed by atoms with Crippen molar-refractivity contribution in [2.45, 2.75) is 6.92 Å². The average Bonchev–Trinajstić information content (AvgIpc) is 2.47. The van der Waals surface area contributed by atoms with E-state index in [0.29, 0.717) is 5.69 Å². The summed E-state index contributed by atoms with van der Waals surface area (Å²) in [6.45, 7) is 1.79. The minimum atomic E-state index is -0.734. The number of non-ortho nitro benzene ring substituents is 1. The number of nitriles is 1. The van der Waals surface area contributed by atoms with E-state index >= 15 is 0 Å². The van der Waals surface area contributed by atoms with Gasteiger partial charge in [0, 0.05) is 17.8 Å². The third kappa shape index (κ3) is 4.50. The molecule has 1 rings (SSSR count). The number of nitro benzene ring substituents is 1. The van der Waals surface area contributed by atoms with Crippen LogP contribution in [0.15, 0.2) is 34.9 Å². The average molecular weight is 307 g/mol. The summed E-state index contributed by atoms with van der Waals surface area (Å²) in [7, 11) is 0. The highest BCUT2D eigenvalue weighted by atomic mass is 32.2. The molecule has 0 saturated carbocycles. The molecule has 0 aromatic heterocycles. The molecule has 7 nitrogen and oxygen atoms in total. The number of nitrogens with one attached hydrogen (secondary N) is 1. The van der Waals surface area contributed by atoms with Gasteiger partial charge in [0.15, 0.2) is 5.57 Å². The molecule has 0 heterocycles. The van der Waals surface area contributed by atoms with Crippen LogP contribution in [0.3, 0.4) is 0 Å². The number of ether oxygens (including phenoxy) is 1. The Hall–Kier alpha value is -2.53. The molecule has 1 N–H and O–H groups in total. The Morgan fingerprint density at radius 1 is 1.57 bits per heavy atom. The van der Waals surface area contributed by atoms with E-state index in [0.717, 1.165) is 11.8 Å². The summed E-state index contributed by atoms with van der Waals surface area (Å²) >= 11 is 1.14. The summed E-state index contributed by atoms with van der Waals surface area (Å²) in [6, 6.07) is 7.56. The zero-order valence-electron chi connectivity index (χ0n) is 11.5. The molecule has 0 spiro atoms. The van der Waals surface area contributed by atoms with Gasteiger partial charge in [0.25, 0.3) is 5.69 Å². The van der Waals surface area contributed by atoms with Gasteiger partial charge < -0.3 is 10.1 Å². The topological polar surface area (TPSA) is 105 Å². The molecule has 21 heavy (non-hydrogen) atoms. The van der Waals surface area contributed by atoms with Crippen LogP contribution in [0.2, 0.25) is 0 Å². The maximum absolute atomic E-state index is 11.7. The van der Waals surface area contributed by atoms with Gasteiger partial charge in [0.05, 0.1) is 16.6 Å². The van der Waals surface area contributed by atoms with Crippen LogP contribution < -0.4 is 5.32 Å². The number of anilines is 1. The van der Waals surface area contributed by atoms with Crippen molar-refractivity contribution in [3.8, 4) is 6.07 Å². The predicted octanol–water partition coefficient (Wildman–Crippen LogP) is 2.67. The Labute approximate surface area is 125 Å². The number of rotatable bonds is 6. The van der Waals surface area contributed by atoms with Gasteiger partial charge in [0.2, 0.25) is 0 Å². The normalized spacial score (nSPS) is 11.1. The monoisotopic (exact) mass is 307 g/mol. The van der Waals surface area contributed by atoms with E-state index in [9.17, 15) is 14.9 Å². The molecule has 8 heteroatoms. The van der Waals surface area contributed by atoms with Gasteiger partial charge in [0.1, 0.15) is 6.07 Å². The fourth-order valence-electron chi connectivity index (χ4n) is 1.44. The lowest BCUT2D eigenvalue weighted by Crippen LogP contribution is -2.11. The van der Waals surface area contributed by atoms with Gasteiger partial charge in [-0.3, -0.25) is 10.1 Å². The molecule has 0 aliphatic carbocycles. The first-order chi connectivity index (χ1) is 10.0. The standard InChI is InChI=1S/C13H13N3O4S/c1-3-20-13(17)11(8-14)12(21-2)15-9-5-4-6-10(7-9)16(18)19/h4-7,15H,3H2,1-2H3/b12-11-. The number of thioether (sulfide) groups is 1. The molecule has 0 aliphatic rings. The Bertz CT molecular complexity index is 622. The van der Waals surface area contributed by atoms with Gasteiger partial charge in [-0.1, -0.05) is 6.07 Å². The van der Waals surface area contributed by atoms with Crippen molar-refractivity contribution in [3.63, 3.8) is 0 Å². The molecule has 0 unspecified atom stereocenters. The molecule has 0 atom stereocenters. The molecule has 0 aliphatic heterocycles. The fraction of sp³-hybridized carbons (Fsp3) is 0.231. The summed E-state index contributed by atoms with van der Waals surface area (Å²) in [4.78, 5) is 21.9. The van der Waals surface area contributed by atoms with Gasteiger partial charge in [-0.25, -0.2) is 4.79 Å². The van der Waals surface area contributed by atoms with Crippen molar-refractivity contribution in [1.82, 2.24) is 0 Å². The summed E-state index contributed by atoms with van der Waals surface area (Å²) in [5, 5.41) is 22.9. The molecule has 0 bridgehead atoms. The zero-order valence-corrected chi connectivity index (χ0v) is 12.3. The third-order valence-corrected chi connectivity index (χ3v) is 3.05. The third-order valence-electron chi connectivity index (χ3n) is 2.34. The smallest absolute Gasteiger partial charge is 0.351 e. The lowest BCUT2D eigenvalue weighted by Gasteiger charge is -2.10. The minimum Gasteiger partial charge on any atom is -0.462 e. The Balaban J connectivity index is 3.11. The van der Waals surface area contributed by atoms with Gasteiger partial charge >= 0.3 is 5.97 Å². The van der Waals surface area contributed by atoms with Crippen LogP contribution in [-0.4, -0.2) is 23.8 Å². The molecule has 1 aromatic rings. The number of hydrogen-bond donors (Lipinski definition) is 1. The number of carbonyl (C=O) groups is 1. The number of benzene rings is 1. The summed E-state index contributed by atoms with van der Waals surface area (Å²) in [6.07, 6.45) is 1.68. The molecule has 110 valence electrons. The molecule has 0 fully saturated rings. The lowest BCUT2D eigenvalue weighted by molar-refractivity contribution is -0.384. The minimum absolute atomic E-state index is 0.0879. The highest BCUT2D eigenvalue weighted by molar-refractivity contribution is 8.02. The van der Waals surface area contributed by atoms with E-state index in [-0.39, 0.29) is 22.9 Å². The summed E-state index contributed by atoms with van der Waals surface area (Å²) < 4.78 is 4.80. The molecular formula is C13H13N3O4S. The SMILES string of the molecule is CCOC(=O)/C(C#N)=C(/Nc1cccc([N+](=O)[O-])c1)SC. The second-order valence-corrected chi connectivity index (χ2v) is 4.49. The molecule has 1 aromatic carbocycles. The first-order valence-electron chi connectivity index (χ1n) is 5.90. The van der Waals surface area contributed by atoms with Crippen molar-refractivity contribution in [2.75, 3.05) is 18.2 Å². The second-order valence-electron chi connectivity index (χ2n) is 3.67. The van der Waals surface area contributed by atoms with Crippen molar-refractivity contribution >= 4 is 29.1 Å². The zero-order chi connectivity index (χ0) is 15.8. The molecular weight excluding hydrogens is 294 g/mol. The predicted molar refractivity (Wildman–Crippen MR) is 79.5 cm³/mol. The first-order valence-corrected chi connectivity index (χ1v) is 7.12. The van der Waals surface area contributed by atoms with Crippen molar-refractivity contribution < 1.29 is 14.5 Å². The van der Waals surface area contributed by atoms with Crippen molar-refractivity contribution in [2.24, 2.45) is 0 Å². The van der Waals surface area contributed by atoms with Crippen LogP contribution in [-0.2, 0) is 9.53 Å². The number of carbonyl (C=O) groups excluding carboxylic acids is 1. The Kier molecular flexibility index (Phi) is 6.23. The van der Waals surface area contributed by atoms with Gasteiger partial charge in [-0.15, -0.1) is 11.8 Å². The highest BCUT2D eigenvalue weighted by Gasteiger charge is 2.17. The fourth-order valence-corrected chi connectivity index (χ4v) is 1.99. The quantitative estimate of drug-likeness (QED) is 0.283. The van der Waals surface area contributed by atoms with Crippen LogP contribution in [0.4, 0.5) is 11.4 Å². The first kappa shape index (κ1) is 16.5. The van der Waals surface area contributed by atoms with E-state index < -0.39 is 10.9 Å². The van der Waals surface area contributed by atoms with E-state index in [4.69, 9.17) is 10.00 Å². The summed E-state index contributed by atoms with van der Waals surface area (Å²) in [5.74, 6) is -0.734. The number of nitro groups is 1. The number of nitrogens with zero attached hydrogens (tertiary/aromatic N) is 2. The number of esters is 1. The Morgan fingerprint density at radius 3 is 2.81 bits per heavy atom. The van der Waals surface area contributed by atoms with Crippen LogP contribution in [0.1, 0.15) is 6.92 Å². The summed E-state index contributed by atoms with van der Waals surface area (Å²) in [5.41, 5.74) is 0.150.